The van der Waals surface area contributed by atoms with E-state index in [0.717, 1.165) is 12.1 Å². The van der Waals surface area contributed by atoms with Crippen LogP contribution in [-0.2, 0) is 19.7 Å². The molecule has 0 radical (unpaired) electrons. The quantitative estimate of drug-likeness (QED) is 0.613. The van der Waals surface area contributed by atoms with Gasteiger partial charge in [0.15, 0.2) is 0 Å². The topological polar surface area (TPSA) is 52.6 Å². The summed E-state index contributed by atoms with van der Waals surface area (Å²) in [5.41, 5.74) is -0.758. The summed E-state index contributed by atoms with van der Waals surface area (Å²) >= 11 is 0. The van der Waals surface area contributed by atoms with Crippen LogP contribution in [-0.4, -0.2) is 18.3 Å². The van der Waals surface area contributed by atoms with Gasteiger partial charge < -0.3 is 9.47 Å². The molecule has 1 aromatic rings. The monoisotopic (exact) mass is 274 g/mol. The molecule has 1 heterocycles. The third-order valence-corrected chi connectivity index (χ3v) is 2.88. The Morgan fingerprint density at radius 1 is 1.21 bits per heavy atom. The van der Waals surface area contributed by atoms with Gasteiger partial charge in [-0.15, -0.1) is 13.2 Å². The van der Waals surface area contributed by atoms with Gasteiger partial charge in [-0.1, -0.05) is 12.1 Å². The van der Waals surface area contributed by atoms with Crippen LogP contribution in [0.4, 0.5) is 13.2 Å². The minimum Gasteiger partial charge on any atom is -0.406 e. The Morgan fingerprint density at radius 2 is 1.79 bits per heavy atom. The molecule has 1 aromatic carbocycles. The average Bonchev–Trinajstić information content (AvgIpc) is 2.52. The van der Waals surface area contributed by atoms with Crippen molar-refractivity contribution in [2.24, 2.45) is 0 Å². The SMILES string of the molecule is CC1(c2ccc(OC(F)(F)F)cc2)CC(=O)OC1=O. The lowest BCUT2D eigenvalue weighted by Gasteiger charge is -2.18. The Labute approximate surface area is 106 Å². The largest absolute Gasteiger partial charge is 0.573 e. The first-order valence-corrected chi connectivity index (χ1v) is 5.32. The van der Waals surface area contributed by atoms with Crippen LogP contribution in [0.2, 0.25) is 0 Å². The van der Waals surface area contributed by atoms with Gasteiger partial charge in [0.2, 0.25) is 0 Å². The summed E-state index contributed by atoms with van der Waals surface area (Å²) in [5, 5.41) is 0. The first kappa shape index (κ1) is 13.4. The van der Waals surface area contributed by atoms with Crippen LogP contribution in [0, 0.1) is 0 Å². The highest BCUT2D eigenvalue weighted by molar-refractivity contribution is 6.00. The highest BCUT2D eigenvalue weighted by atomic mass is 19.4. The Balaban J connectivity index is 2.24. The van der Waals surface area contributed by atoms with E-state index in [9.17, 15) is 22.8 Å². The van der Waals surface area contributed by atoms with Crippen molar-refractivity contribution in [3.63, 3.8) is 0 Å². The van der Waals surface area contributed by atoms with E-state index >= 15 is 0 Å². The molecule has 1 aliphatic heterocycles. The van der Waals surface area contributed by atoms with Gasteiger partial charge in [-0.05, 0) is 24.6 Å². The molecule has 1 saturated heterocycles. The summed E-state index contributed by atoms with van der Waals surface area (Å²) < 4.78 is 44.1. The van der Waals surface area contributed by atoms with Gasteiger partial charge in [-0.3, -0.25) is 9.59 Å². The molecule has 0 saturated carbocycles. The molecule has 0 N–H and O–H groups in total. The van der Waals surface area contributed by atoms with Crippen LogP contribution in [0.3, 0.4) is 0 Å². The molecule has 1 aliphatic rings. The van der Waals surface area contributed by atoms with Crippen molar-refractivity contribution in [2.75, 3.05) is 0 Å². The van der Waals surface area contributed by atoms with E-state index in [1.165, 1.54) is 19.1 Å². The Kier molecular flexibility index (Phi) is 3.00. The van der Waals surface area contributed by atoms with Gasteiger partial charge in [-0.2, -0.15) is 0 Å². The fourth-order valence-electron chi connectivity index (χ4n) is 1.86. The van der Waals surface area contributed by atoms with Gasteiger partial charge in [0, 0.05) is 0 Å². The van der Waals surface area contributed by atoms with Crippen molar-refractivity contribution in [2.45, 2.75) is 25.1 Å². The van der Waals surface area contributed by atoms with Crippen molar-refractivity contribution in [1.29, 1.82) is 0 Å². The molecule has 1 unspecified atom stereocenters. The molecule has 0 aliphatic carbocycles. The van der Waals surface area contributed by atoms with Crippen molar-refractivity contribution in [1.82, 2.24) is 0 Å². The lowest BCUT2D eigenvalue weighted by Crippen LogP contribution is -2.27. The molecule has 19 heavy (non-hydrogen) atoms. The highest BCUT2D eigenvalue weighted by Gasteiger charge is 2.46. The number of halogens is 3. The molecule has 7 heteroatoms. The number of hydrogen-bond donors (Lipinski definition) is 0. The zero-order chi connectivity index (χ0) is 14.3. The molecule has 1 atom stereocenters. The Bertz CT molecular complexity index is 521. The van der Waals surface area contributed by atoms with E-state index in [0.29, 0.717) is 5.56 Å². The minimum atomic E-state index is -4.77. The predicted molar refractivity (Wildman–Crippen MR) is 56.2 cm³/mol. The van der Waals surface area contributed by atoms with Gasteiger partial charge in [0.05, 0.1) is 6.42 Å². The molecule has 0 spiro atoms. The number of ether oxygens (including phenoxy) is 2. The molecular weight excluding hydrogens is 265 g/mol. The van der Waals surface area contributed by atoms with E-state index in [4.69, 9.17) is 0 Å². The van der Waals surface area contributed by atoms with E-state index in [2.05, 4.69) is 9.47 Å². The summed E-state index contributed by atoms with van der Waals surface area (Å²) in [6.45, 7) is 1.50. The normalized spacial score (nSPS) is 23.4. The summed E-state index contributed by atoms with van der Waals surface area (Å²) in [6.07, 6.45) is -4.90. The number of alkyl halides is 3. The van der Waals surface area contributed by atoms with Crippen molar-refractivity contribution < 1.29 is 32.2 Å². The van der Waals surface area contributed by atoms with Gasteiger partial charge >= 0.3 is 18.3 Å². The summed E-state index contributed by atoms with van der Waals surface area (Å²) in [6, 6.07) is 4.79. The van der Waals surface area contributed by atoms with Crippen molar-refractivity contribution in [3.8, 4) is 5.75 Å². The lowest BCUT2D eigenvalue weighted by molar-refractivity contribution is -0.274. The van der Waals surface area contributed by atoms with Crippen LogP contribution in [0.1, 0.15) is 18.9 Å². The smallest absolute Gasteiger partial charge is 0.406 e. The maximum Gasteiger partial charge on any atom is 0.573 e. The maximum atomic E-state index is 12.0. The Morgan fingerprint density at radius 3 is 2.21 bits per heavy atom. The fraction of sp³-hybridized carbons (Fsp3) is 0.333. The van der Waals surface area contributed by atoms with Gasteiger partial charge in [0.25, 0.3) is 0 Å². The summed E-state index contributed by atoms with van der Waals surface area (Å²) in [7, 11) is 0. The van der Waals surface area contributed by atoms with E-state index in [1.54, 1.807) is 0 Å². The minimum absolute atomic E-state index is 0.134. The van der Waals surface area contributed by atoms with Gasteiger partial charge in [-0.25, -0.2) is 0 Å². The third kappa shape index (κ3) is 2.69. The number of cyclic esters (lactones) is 2. The van der Waals surface area contributed by atoms with Gasteiger partial charge in [0.1, 0.15) is 11.2 Å². The fourth-order valence-corrected chi connectivity index (χ4v) is 1.86. The van der Waals surface area contributed by atoms with E-state index < -0.39 is 29.5 Å². The van der Waals surface area contributed by atoms with E-state index in [1.807, 2.05) is 0 Å². The number of benzene rings is 1. The Hall–Kier alpha value is -2.05. The summed E-state index contributed by atoms with van der Waals surface area (Å²) in [4.78, 5) is 22.6. The third-order valence-electron chi connectivity index (χ3n) is 2.88. The number of carbonyl (C=O) groups excluding carboxylic acids is 2. The van der Waals surface area contributed by atoms with Crippen molar-refractivity contribution >= 4 is 11.9 Å². The first-order valence-electron chi connectivity index (χ1n) is 5.32. The molecule has 102 valence electrons. The molecule has 0 aromatic heterocycles. The number of esters is 2. The lowest BCUT2D eigenvalue weighted by atomic mass is 9.81. The van der Waals surface area contributed by atoms with Crippen LogP contribution in [0.5, 0.6) is 5.75 Å². The molecule has 0 bridgehead atoms. The predicted octanol–water partition coefficient (Wildman–Crippen LogP) is 2.32. The zero-order valence-electron chi connectivity index (χ0n) is 9.78. The van der Waals surface area contributed by atoms with Crippen LogP contribution in [0.15, 0.2) is 24.3 Å². The number of carbonyl (C=O) groups is 2. The second-order valence-corrected chi connectivity index (χ2v) is 4.34. The second-order valence-electron chi connectivity index (χ2n) is 4.34. The summed E-state index contributed by atoms with van der Waals surface area (Å²) in [5.74, 6) is -1.75. The molecular formula is C12H9F3O4. The standard InChI is InChI=1S/C12H9F3O4/c1-11(6-9(16)18-10(11)17)7-2-4-8(5-3-7)19-12(13,14)15/h2-5H,6H2,1H3. The van der Waals surface area contributed by atoms with Crippen LogP contribution in [0.25, 0.3) is 0 Å². The molecule has 2 rings (SSSR count). The van der Waals surface area contributed by atoms with Crippen molar-refractivity contribution in [3.05, 3.63) is 29.8 Å². The highest BCUT2D eigenvalue weighted by Crippen LogP contribution is 2.35. The average molecular weight is 274 g/mol. The maximum absolute atomic E-state index is 12.0. The second kappa shape index (κ2) is 4.25. The number of hydrogen-bond acceptors (Lipinski definition) is 4. The van der Waals surface area contributed by atoms with Crippen LogP contribution < -0.4 is 4.74 Å². The number of rotatable bonds is 2. The molecule has 1 fully saturated rings. The molecule has 4 nitrogen and oxygen atoms in total. The van der Waals surface area contributed by atoms with E-state index in [-0.39, 0.29) is 6.42 Å². The van der Waals surface area contributed by atoms with Crippen LogP contribution >= 0.6 is 0 Å². The molecule has 0 amide bonds. The zero-order valence-corrected chi connectivity index (χ0v) is 9.78. The first-order chi connectivity index (χ1) is 8.71.